The predicted molar refractivity (Wildman–Crippen MR) is 85.8 cm³/mol. The number of benzene rings is 1. The fourth-order valence-corrected chi connectivity index (χ4v) is 2.47. The van der Waals surface area contributed by atoms with E-state index in [1.807, 2.05) is 12.1 Å². The number of ether oxygens (including phenoxy) is 2. The monoisotopic (exact) mass is 316 g/mol. The van der Waals surface area contributed by atoms with Gasteiger partial charge in [0.2, 0.25) is 0 Å². The molecule has 23 heavy (non-hydrogen) atoms. The standard InChI is InChI=1S/C17H20N2O4/c1-4-10-23-13-9-7-6-8-12(13)15-14(16(20)22-5-2)11(3)18-17(21)19-15/h4,6-9,14-15H,1,3,5,10H2,2H3,(H2,18,19,21)/t14-,15+/m0/s1. The number of rotatable bonds is 6. The van der Waals surface area contributed by atoms with Crippen molar-refractivity contribution >= 4 is 12.0 Å². The molecule has 1 heterocycles. The van der Waals surface area contributed by atoms with Gasteiger partial charge in [-0.3, -0.25) is 4.79 Å². The minimum absolute atomic E-state index is 0.248. The number of nitrogens with one attached hydrogen (secondary N) is 2. The van der Waals surface area contributed by atoms with E-state index >= 15 is 0 Å². The average molecular weight is 316 g/mol. The maximum Gasteiger partial charge on any atom is 0.319 e. The van der Waals surface area contributed by atoms with E-state index in [1.165, 1.54) is 0 Å². The Morgan fingerprint density at radius 3 is 2.83 bits per heavy atom. The molecule has 122 valence electrons. The van der Waals surface area contributed by atoms with Crippen LogP contribution >= 0.6 is 0 Å². The van der Waals surface area contributed by atoms with Gasteiger partial charge in [0.1, 0.15) is 18.3 Å². The molecule has 1 aliphatic heterocycles. The Kier molecular flexibility index (Phi) is 5.41. The van der Waals surface area contributed by atoms with Crippen LogP contribution in [0.3, 0.4) is 0 Å². The minimum Gasteiger partial charge on any atom is -0.489 e. The van der Waals surface area contributed by atoms with E-state index in [2.05, 4.69) is 23.8 Å². The summed E-state index contributed by atoms with van der Waals surface area (Å²) in [6.07, 6.45) is 1.62. The van der Waals surface area contributed by atoms with Crippen LogP contribution in [0.2, 0.25) is 0 Å². The second-order valence-corrected chi connectivity index (χ2v) is 4.97. The lowest BCUT2D eigenvalue weighted by Crippen LogP contribution is -2.51. The molecule has 1 fully saturated rings. The second kappa shape index (κ2) is 7.49. The molecule has 1 aliphatic rings. The van der Waals surface area contributed by atoms with E-state index in [4.69, 9.17) is 9.47 Å². The first kappa shape index (κ1) is 16.6. The molecule has 6 nitrogen and oxygen atoms in total. The van der Waals surface area contributed by atoms with Crippen LogP contribution in [0.5, 0.6) is 5.75 Å². The van der Waals surface area contributed by atoms with Crippen molar-refractivity contribution in [2.45, 2.75) is 13.0 Å². The molecule has 0 aromatic heterocycles. The fourth-order valence-electron chi connectivity index (χ4n) is 2.47. The highest BCUT2D eigenvalue weighted by atomic mass is 16.5. The molecule has 0 spiro atoms. The Morgan fingerprint density at radius 2 is 2.13 bits per heavy atom. The molecule has 0 aliphatic carbocycles. The number of hydrogen-bond acceptors (Lipinski definition) is 4. The number of amides is 2. The first-order chi connectivity index (χ1) is 11.1. The first-order valence-corrected chi connectivity index (χ1v) is 7.34. The molecule has 0 radical (unpaired) electrons. The van der Waals surface area contributed by atoms with E-state index in [-0.39, 0.29) is 6.61 Å². The Labute approximate surface area is 135 Å². The molecule has 2 amide bonds. The molecule has 0 bridgehead atoms. The zero-order chi connectivity index (χ0) is 16.8. The molecule has 2 N–H and O–H groups in total. The number of urea groups is 1. The quantitative estimate of drug-likeness (QED) is 0.623. The van der Waals surface area contributed by atoms with Crippen molar-refractivity contribution in [1.82, 2.24) is 10.6 Å². The third-order valence-corrected chi connectivity index (χ3v) is 3.42. The van der Waals surface area contributed by atoms with Crippen LogP contribution in [-0.4, -0.2) is 25.2 Å². The largest absolute Gasteiger partial charge is 0.489 e. The van der Waals surface area contributed by atoms with Gasteiger partial charge >= 0.3 is 12.0 Å². The van der Waals surface area contributed by atoms with Gasteiger partial charge in [-0.2, -0.15) is 0 Å². The van der Waals surface area contributed by atoms with Crippen molar-refractivity contribution in [1.29, 1.82) is 0 Å². The summed E-state index contributed by atoms with van der Waals surface area (Å²) in [5, 5.41) is 5.28. The molecular formula is C17H20N2O4. The van der Waals surface area contributed by atoms with Crippen molar-refractivity contribution in [3.05, 3.63) is 54.8 Å². The molecular weight excluding hydrogens is 296 g/mol. The maximum absolute atomic E-state index is 12.3. The topological polar surface area (TPSA) is 76.7 Å². The van der Waals surface area contributed by atoms with E-state index in [1.54, 1.807) is 25.1 Å². The average Bonchev–Trinajstić information content (AvgIpc) is 2.52. The van der Waals surface area contributed by atoms with E-state index in [9.17, 15) is 9.59 Å². The highest BCUT2D eigenvalue weighted by molar-refractivity contribution is 5.85. The Bertz CT molecular complexity index is 627. The third-order valence-electron chi connectivity index (χ3n) is 3.42. The van der Waals surface area contributed by atoms with Crippen molar-refractivity contribution in [2.24, 2.45) is 5.92 Å². The molecule has 6 heteroatoms. The van der Waals surface area contributed by atoms with Crippen LogP contribution in [0.25, 0.3) is 0 Å². The molecule has 0 saturated carbocycles. The first-order valence-electron chi connectivity index (χ1n) is 7.34. The summed E-state index contributed by atoms with van der Waals surface area (Å²) >= 11 is 0. The van der Waals surface area contributed by atoms with Crippen LogP contribution < -0.4 is 15.4 Å². The Hall–Kier alpha value is -2.76. The second-order valence-electron chi connectivity index (χ2n) is 4.97. The third kappa shape index (κ3) is 3.71. The van der Waals surface area contributed by atoms with E-state index < -0.39 is 24.0 Å². The number of hydrogen-bond donors (Lipinski definition) is 2. The summed E-state index contributed by atoms with van der Waals surface area (Å²) in [6.45, 7) is 9.70. The summed E-state index contributed by atoms with van der Waals surface area (Å²) in [5.74, 6) is -0.614. The normalized spacial score (nSPS) is 20.2. The highest BCUT2D eigenvalue weighted by Gasteiger charge is 2.39. The van der Waals surface area contributed by atoms with Crippen LogP contribution in [0, 0.1) is 5.92 Å². The zero-order valence-electron chi connectivity index (χ0n) is 13.0. The van der Waals surface area contributed by atoms with Crippen LogP contribution in [0.4, 0.5) is 4.79 Å². The van der Waals surface area contributed by atoms with Crippen molar-refractivity contribution in [3.8, 4) is 5.75 Å². The predicted octanol–water partition coefficient (Wildman–Crippen LogP) is 2.30. The number of esters is 1. The number of carbonyl (C=O) groups is 2. The van der Waals surface area contributed by atoms with Gasteiger partial charge in [0.15, 0.2) is 0 Å². The lowest BCUT2D eigenvalue weighted by atomic mass is 9.88. The summed E-state index contributed by atoms with van der Waals surface area (Å²) in [4.78, 5) is 24.1. The maximum atomic E-state index is 12.3. The lowest BCUT2D eigenvalue weighted by Gasteiger charge is -2.33. The Balaban J connectivity index is 2.39. The SMILES string of the molecule is C=CCOc1ccccc1[C@H]1NC(=O)NC(=C)[C@@H]1C(=O)OCC. The highest BCUT2D eigenvalue weighted by Crippen LogP contribution is 2.35. The number of para-hydroxylation sites is 1. The van der Waals surface area contributed by atoms with Crippen molar-refractivity contribution in [3.63, 3.8) is 0 Å². The lowest BCUT2D eigenvalue weighted by molar-refractivity contribution is -0.147. The zero-order valence-corrected chi connectivity index (χ0v) is 13.0. The van der Waals surface area contributed by atoms with Gasteiger partial charge in [0.05, 0.1) is 12.6 Å². The van der Waals surface area contributed by atoms with Gasteiger partial charge in [-0.1, -0.05) is 37.4 Å². The van der Waals surface area contributed by atoms with Gasteiger partial charge in [-0.25, -0.2) is 4.79 Å². The molecule has 2 rings (SSSR count). The van der Waals surface area contributed by atoms with Gasteiger partial charge < -0.3 is 20.1 Å². The molecule has 1 aromatic carbocycles. The fraction of sp³-hybridized carbons (Fsp3) is 0.294. The van der Waals surface area contributed by atoms with Crippen LogP contribution in [-0.2, 0) is 9.53 Å². The summed E-state index contributed by atoms with van der Waals surface area (Å²) in [7, 11) is 0. The number of carbonyl (C=O) groups excluding carboxylic acids is 2. The summed E-state index contributed by atoms with van der Waals surface area (Å²) < 4.78 is 10.7. The van der Waals surface area contributed by atoms with Gasteiger partial charge in [0, 0.05) is 11.3 Å². The van der Waals surface area contributed by atoms with Crippen LogP contribution in [0.1, 0.15) is 18.5 Å². The minimum atomic E-state index is -0.735. The molecule has 2 atom stereocenters. The Morgan fingerprint density at radius 1 is 1.39 bits per heavy atom. The van der Waals surface area contributed by atoms with Gasteiger partial charge in [-0.05, 0) is 13.0 Å². The molecule has 1 saturated heterocycles. The van der Waals surface area contributed by atoms with Gasteiger partial charge in [-0.15, -0.1) is 0 Å². The van der Waals surface area contributed by atoms with E-state index in [0.717, 1.165) is 0 Å². The molecule has 0 unspecified atom stereocenters. The summed E-state index contributed by atoms with van der Waals surface area (Å²) in [6, 6.07) is 6.18. The smallest absolute Gasteiger partial charge is 0.319 e. The van der Waals surface area contributed by atoms with Gasteiger partial charge in [0.25, 0.3) is 0 Å². The van der Waals surface area contributed by atoms with Crippen molar-refractivity contribution < 1.29 is 19.1 Å². The van der Waals surface area contributed by atoms with Crippen LogP contribution in [0.15, 0.2) is 49.2 Å². The summed E-state index contributed by atoms with van der Waals surface area (Å²) in [5.41, 5.74) is 0.985. The molecule has 1 aromatic rings. The van der Waals surface area contributed by atoms with E-state index in [0.29, 0.717) is 23.6 Å². The van der Waals surface area contributed by atoms with Crippen molar-refractivity contribution in [2.75, 3.05) is 13.2 Å².